The maximum Gasteiger partial charge on any atom is 0.339 e. The van der Waals surface area contributed by atoms with Crippen LogP contribution in [0.2, 0.25) is 0 Å². The monoisotopic (exact) mass is 1720 g/mol. The minimum Gasteiger partial charge on any atom is -0.314 e. The Hall–Kier alpha value is -12.0. The normalized spacial score (nSPS) is 11.8. The van der Waals surface area contributed by atoms with E-state index in [1.807, 2.05) is 176 Å². The summed E-state index contributed by atoms with van der Waals surface area (Å²) in [4.78, 5) is 200. The lowest BCUT2D eigenvalue weighted by Crippen LogP contribution is -2.51. The van der Waals surface area contributed by atoms with Crippen LogP contribution >= 0.6 is 0 Å². The second-order valence-corrected chi connectivity index (χ2v) is 39.5. The van der Waals surface area contributed by atoms with Gasteiger partial charge in [0.1, 0.15) is 0 Å². The third-order valence-corrected chi connectivity index (χ3v) is 18.1. The van der Waals surface area contributed by atoms with E-state index in [0.717, 1.165) is 13.7 Å². The van der Waals surface area contributed by atoms with Gasteiger partial charge >= 0.3 is 45.5 Å². The second kappa shape index (κ2) is 40.8. The molecule has 8 aromatic heterocycles. The fourth-order valence-corrected chi connectivity index (χ4v) is 10.4. The van der Waals surface area contributed by atoms with Gasteiger partial charge in [0.2, 0.25) is 11.6 Å². The highest BCUT2D eigenvalue weighted by atomic mass is 19.1. The number of nitrogens with one attached hydrogen (secondary N) is 7. The van der Waals surface area contributed by atoms with E-state index in [-0.39, 0.29) is 102 Å². The molecule has 0 aliphatic heterocycles. The van der Waals surface area contributed by atoms with Crippen molar-refractivity contribution in [3.63, 3.8) is 0 Å². The van der Waals surface area contributed by atoms with Crippen molar-refractivity contribution < 1.29 is 8.78 Å². The molecule has 0 aliphatic rings. The summed E-state index contributed by atoms with van der Waals surface area (Å²) in [7, 11) is 0. The average Bonchev–Trinajstić information content (AvgIpc) is 0.772. The SMILES string of the molecule is C.C=C(n1c(=O)[nH]cc(C)c1=O)C(C)(C)C.C=C(n1cc(C)c(=O)[nH]c1=O)C(C)(C)C.C=C(n1cc(C)c(=O)n(C(=C)C(C)(C)C)c1=O)C(C)(C)C.C=Cn1c(C(C)(C)C)c(F)c(=O)[nH]c1=O.CC(C)(C)c1[nH]c(=O)[nH]c(=O)c1F.Cc1c[nH]c(=O)n(C(C)(C)C)c1=O.Cc1cn(C(C)(C)C)c(=O)[nH]c1=O.Cc1cn(C(C)(C)C)c(=O)n(C(C)(C)C)c1=O. The Morgan fingerprint density at radius 1 is 0.333 bits per heavy atom. The Kier molecular flexibility index (Phi) is 36.8. The molecule has 32 nitrogen and oxygen atoms in total. The lowest BCUT2D eigenvalue weighted by molar-refractivity contribution is 0.309. The van der Waals surface area contributed by atoms with Crippen LogP contribution in [0.1, 0.15) is 260 Å². The topological polar surface area (TPSA) is 428 Å². The standard InChI is InChI=1S/C17H26N2O2.C13H22N2O2.2C11H16N2O2.C10H13FN2O2.2C9H14N2O2.C8H11FN2O2.CH4/c1-11-10-18(12(2)16(4,5)6)15(21)19(14(11)20)13(3)17(7,8)9;1-9-8-14(12(2,3)4)11(17)15(10(9)16)13(5,6)7;1-7-6-13(8(2)11(3,4)5)10(15)12-9(7)14;1-7-6-12-10(15)13(9(7)14)8(2)11(3,4)5;1-5-13-7(10(2,3)4)6(11)8(14)12-9(13)15;1-6-5-11(9(2,3)4)8(13)10-7(6)12;1-6-5-10-8(13)11(7(6)12)9(2,3)4;1-8(2,3)5-4(9)6(12)11-7(13)10-5;/h10H,2-3H2,1,4-9H3;8H,1-7H3;6H,2H2,1,3-5H3,(H,12,14,15);6H,2H2,1,3-5H3,(H,12,15);5H,1H2,2-4H3,(H,12,14,15);5H,1-4H3,(H,10,12,13);5H,1-4H3,(H,10,13);1-3H3,(H2,10,11,12,13);1H4. The van der Waals surface area contributed by atoms with Gasteiger partial charge in [-0.15, -0.1) is 0 Å². The number of halogens is 2. The van der Waals surface area contributed by atoms with Crippen molar-refractivity contribution in [2.45, 2.75) is 290 Å². The molecular formula is C89H136F2N16O16. The number of aromatic nitrogens is 16. The fraction of sp³-hybridized carbons (Fsp3) is 0.528. The molecule has 7 N–H and O–H groups in total. The first-order chi connectivity index (χ1) is 54.5. The van der Waals surface area contributed by atoms with E-state index in [2.05, 4.69) is 57.8 Å². The summed E-state index contributed by atoms with van der Waals surface area (Å²) in [5.41, 5.74) is -5.81. The average molecular weight is 1720 g/mol. The molecule has 0 aliphatic carbocycles. The molecule has 0 fully saturated rings. The molecule has 0 unspecified atom stereocenters. The van der Waals surface area contributed by atoms with Gasteiger partial charge in [-0.25, -0.2) is 47.5 Å². The Balaban J connectivity index is 0.00000139. The molecule has 34 heteroatoms. The summed E-state index contributed by atoms with van der Waals surface area (Å²) in [6.45, 7) is 85.3. The number of aryl methyl sites for hydroxylation is 6. The lowest BCUT2D eigenvalue weighted by atomic mass is 9.91. The summed E-state index contributed by atoms with van der Waals surface area (Å²) < 4.78 is 38.5. The van der Waals surface area contributed by atoms with Crippen LogP contribution in [-0.2, 0) is 33.0 Å². The third-order valence-electron chi connectivity index (χ3n) is 18.1. The maximum absolute atomic E-state index is 13.6. The van der Waals surface area contributed by atoms with Crippen LogP contribution in [0.5, 0.6) is 0 Å². The molecule has 123 heavy (non-hydrogen) atoms. The number of aromatic amines is 7. The van der Waals surface area contributed by atoms with Crippen LogP contribution in [0.15, 0.2) is 147 Å². The van der Waals surface area contributed by atoms with Crippen LogP contribution in [0.3, 0.4) is 0 Å². The summed E-state index contributed by atoms with van der Waals surface area (Å²) >= 11 is 0. The summed E-state index contributed by atoms with van der Waals surface area (Å²) in [6, 6.07) is 0. The van der Waals surface area contributed by atoms with Crippen molar-refractivity contribution in [2.24, 2.45) is 21.7 Å². The first-order valence-corrected chi connectivity index (χ1v) is 39.0. The van der Waals surface area contributed by atoms with Crippen LogP contribution in [-0.4, -0.2) is 76.0 Å². The van der Waals surface area contributed by atoms with Crippen LogP contribution in [0, 0.1) is 74.8 Å². The molecule has 0 atom stereocenters. The number of H-pyrrole nitrogens is 7. The first-order valence-electron chi connectivity index (χ1n) is 39.0. The van der Waals surface area contributed by atoms with Gasteiger partial charge in [0.05, 0.1) is 11.4 Å². The zero-order valence-corrected chi connectivity index (χ0v) is 78.4. The van der Waals surface area contributed by atoms with E-state index in [0.29, 0.717) is 56.2 Å². The molecule has 0 saturated carbocycles. The van der Waals surface area contributed by atoms with Crippen LogP contribution in [0.25, 0.3) is 29.0 Å². The van der Waals surface area contributed by atoms with Gasteiger partial charge < -0.3 is 15.0 Å². The molecule has 0 radical (unpaired) electrons. The predicted molar refractivity (Wildman–Crippen MR) is 492 cm³/mol. The Labute approximate surface area is 715 Å². The van der Waals surface area contributed by atoms with Gasteiger partial charge in [0.15, 0.2) is 0 Å². The summed E-state index contributed by atoms with van der Waals surface area (Å²) in [5.74, 6) is -1.87. The van der Waals surface area contributed by atoms with E-state index >= 15 is 0 Å². The molecule has 682 valence electrons. The van der Waals surface area contributed by atoms with E-state index in [1.165, 1.54) is 47.6 Å². The summed E-state index contributed by atoms with van der Waals surface area (Å²) in [5, 5.41) is 0. The summed E-state index contributed by atoms with van der Waals surface area (Å²) in [6.07, 6.45) is 10.3. The Bertz CT molecular complexity index is 6300. The zero-order chi connectivity index (χ0) is 96.4. The number of nitrogens with zero attached hydrogens (tertiary/aromatic N) is 9. The van der Waals surface area contributed by atoms with E-state index in [1.54, 1.807) is 106 Å². The minimum absolute atomic E-state index is 0. The third kappa shape index (κ3) is 29.7. The van der Waals surface area contributed by atoms with Gasteiger partial charge in [-0.1, -0.05) is 165 Å². The number of hydrogen-bond acceptors (Lipinski definition) is 16. The zero-order valence-electron chi connectivity index (χ0n) is 78.4. The Morgan fingerprint density at radius 3 is 1.08 bits per heavy atom. The number of allylic oxidation sites excluding steroid dienone is 4. The van der Waals surface area contributed by atoms with E-state index in [4.69, 9.17) is 0 Å². The maximum atomic E-state index is 13.6. The van der Waals surface area contributed by atoms with Crippen LogP contribution in [0.4, 0.5) is 8.78 Å². The Morgan fingerprint density at radius 2 is 0.683 bits per heavy atom. The van der Waals surface area contributed by atoms with E-state index in [9.17, 15) is 85.5 Å². The first kappa shape index (κ1) is 111. The van der Waals surface area contributed by atoms with Gasteiger partial charge in [-0.2, -0.15) is 8.78 Å². The molecule has 0 aromatic carbocycles. The minimum atomic E-state index is -0.997. The molecule has 8 rings (SSSR count). The van der Waals surface area contributed by atoms with Gasteiger partial charge in [-0.05, 0) is 125 Å². The van der Waals surface area contributed by atoms with Crippen LogP contribution < -0.4 is 90.0 Å². The molecule has 0 bridgehead atoms. The highest BCUT2D eigenvalue weighted by Gasteiger charge is 2.30. The number of hydrogen-bond donors (Lipinski definition) is 7. The molecule has 0 amide bonds. The largest absolute Gasteiger partial charge is 0.339 e. The molecular weight excluding hydrogens is 1590 g/mol. The molecule has 0 saturated heterocycles. The fourth-order valence-electron chi connectivity index (χ4n) is 10.4. The number of rotatable bonds is 5. The highest BCUT2D eigenvalue weighted by Crippen LogP contribution is 2.30. The van der Waals surface area contributed by atoms with Gasteiger partial charge in [-0.3, -0.25) is 90.3 Å². The molecule has 8 heterocycles. The second-order valence-electron chi connectivity index (χ2n) is 39.5. The van der Waals surface area contributed by atoms with Crippen molar-refractivity contribution in [1.82, 2.24) is 76.0 Å². The van der Waals surface area contributed by atoms with Crippen molar-refractivity contribution >= 4 is 29.0 Å². The van der Waals surface area contributed by atoms with Crippen molar-refractivity contribution in [3.05, 3.63) is 293 Å². The van der Waals surface area contributed by atoms with Gasteiger partial charge in [0, 0.05) is 154 Å². The quantitative estimate of drug-likeness (QED) is 0.0841. The van der Waals surface area contributed by atoms with Crippen molar-refractivity contribution in [3.8, 4) is 0 Å². The molecule has 8 aromatic rings. The van der Waals surface area contributed by atoms with Crippen molar-refractivity contribution in [2.75, 3.05) is 0 Å². The smallest absolute Gasteiger partial charge is 0.314 e. The lowest BCUT2D eigenvalue weighted by Gasteiger charge is -2.28. The van der Waals surface area contributed by atoms with E-state index < -0.39 is 73.1 Å². The van der Waals surface area contributed by atoms with Gasteiger partial charge in [0.25, 0.3) is 44.5 Å². The highest BCUT2D eigenvalue weighted by molar-refractivity contribution is 5.52. The van der Waals surface area contributed by atoms with Crippen molar-refractivity contribution in [1.29, 1.82) is 0 Å². The molecule has 0 spiro atoms. The predicted octanol–water partition coefficient (Wildman–Crippen LogP) is 11.3.